The second-order valence-corrected chi connectivity index (χ2v) is 4.14. The van der Waals surface area contributed by atoms with Crippen molar-refractivity contribution in [2.75, 3.05) is 0 Å². The third-order valence-corrected chi connectivity index (χ3v) is 2.76. The lowest BCUT2D eigenvalue weighted by molar-refractivity contribution is 0.610. The Bertz CT molecular complexity index is 716. The molecular formula is C11H12N4O. The molecule has 3 heterocycles. The Morgan fingerprint density at radius 1 is 1.44 bits per heavy atom. The Morgan fingerprint density at radius 3 is 3.00 bits per heavy atom. The maximum Gasteiger partial charge on any atom is 0.279 e. The molecule has 5 heteroatoms. The molecule has 82 valence electrons. The number of imidazole rings is 1. The van der Waals surface area contributed by atoms with Gasteiger partial charge in [-0.1, -0.05) is 0 Å². The average Bonchev–Trinajstić information content (AvgIpc) is 2.80. The van der Waals surface area contributed by atoms with Gasteiger partial charge in [0.15, 0.2) is 11.2 Å². The van der Waals surface area contributed by atoms with Crippen LogP contribution in [0.1, 0.15) is 19.9 Å². The highest BCUT2D eigenvalue weighted by Crippen LogP contribution is 2.15. The quantitative estimate of drug-likeness (QED) is 0.671. The monoisotopic (exact) mass is 216 g/mol. The maximum atomic E-state index is 11.8. The minimum atomic E-state index is -0.138. The molecule has 0 aromatic carbocycles. The van der Waals surface area contributed by atoms with Gasteiger partial charge in [0.2, 0.25) is 0 Å². The number of nitrogens with zero attached hydrogens (tertiary/aromatic N) is 3. The topological polar surface area (TPSA) is 55.1 Å². The first-order chi connectivity index (χ1) is 7.68. The van der Waals surface area contributed by atoms with Gasteiger partial charge in [0, 0.05) is 12.2 Å². The van der Waals surface area contributed by atoms with Gasteiger partial charge in [-0.2, -0.15) is 0 Å². The molecule has 0 fully saturated rings. The van der Waals surface area contributed by atoms with Crippen LogP contribution in [-0.4, -0.2) is 18.9 Å². The van der Waals surface area contributed by atoms with Gasteiger partial charge >= 0.3 is 0 Å². The molecule has 0 aliphatic rings. The summed E-state index contributed by atoms with van der Waals surface area (Å²) in [6.45, 7) is 4.13. The van der Waals surface area contributed by atoms with Crippen molar-refractivity contribution in [1.29, 1.82) is 0 Å². The third kappa shape index (κ3) is 1.05. The van der Waals surface area contributed by atoms with Crippen LogP contribution in [0.4, 0.5) is 0 Å². The van der Waals surface area contributed by atoms with E-state index >= 15 is 0 Å². The van der Waals surface area contributed by atoms with Crippen LogP contribution in [0.2, 0.25) is 0 Å². The fourth-order valence-corrected chi connectivity index (χ4v) is 1.97. The van der Waals surface area contributed by atoms with E-state index in [2.05, 4.69) is 23.8 Å². The van der Waals surface area contributed by atoms with E-state index in [4.69, 9.17) is 0 Å². The van der Waals surface area contributed by atoms with E-state index in [0.717, 1.165) is 11.3 Å². The zero-order valence-corrected chi connectivity index (χ0v) is 9.14. The van der Waals surface area contributed by atoms with E-state index in [1.165, 1.54) is 0 Å². The lowest BCUT2D eigenvalue weighted by Crippen LogP contribution is -2.11. The van der Waals surface area contributed by atoms with Gasteiger partial charge in [0.25, 0.3) is 5.56 Å². The summed E-state index contributed by atoms with van der Waals surface area (Å²) in [5.41, 5.74) is 1.98. The molecule has 3 aromatic rings. The number of rotatable bonds is 1. The Labute approximate surface area is 91.3 Å². The van der Waals surface area contributed by atoms with Crippen molar-refractivity contribution in [3.05, 3.63) is 35.0 Å². The highest BCUT2D eigenvalue weighted by Gasteiger charge is 2.12. The highest BCUT2D eigenvalue weighted by atomic mass is 16.1. The van der Waals surface area contributed by atoms with Gasteiger partial charge < -0.3 is 9.55 Å². The largest absolute Gasteiger partial charge is 0.314 e. The second kappa shape index (κ2) is 2.98. The summed E-state index contributed by atoms with van der Waals surface area (Å²) in [5.74, 6) is 0. The summed E-state index contributed by atoms with van der Waals surface area (Å²) in [6, 6.07) is 4.05. The van der Waals surface area contributed by atoms with Crippen LogP contribution in [0.3, 0.4) is 0 Å². The smallest absolute Gasteiger partial charge is 0.279 e. The Kier molecular flexibility index (Phi) is 1.71. The SMILES string of the molecule is CC(C)n1cnc2c(=O)[nH]c3cccn3c21. The van der Waals surface area contributed by atoms with Gasteiger partial charge in [0.1, 0.15) is 5.65 Å². The first-order valence-electron chi connectivity index (χ1n) is 5.24. The maximum absolute atomic E-state index is 11.8. The first-order valence-corrected chi connectivity index (χ1v) is 5.24. The van der Waals surface area contributed by atoms with Crippen LogP contribution in [-0.2, 0) is 0 Å². The molecule has 5 nitrogen and oxygen atoms in total. The lowest BCUT2D eigenvalue weighted by atomic mass is 10.4. The third-order valence-electron chi connectivity index (χ3n) is 2.76. The molecule has 3 rings (SSSR count). The van der Waals surface area contributed by atoms with E-state index in [-0.39, 0.29) is 11.6 Å². The lowest BCUT2D eigenvalue weighted by Gasteiger charge is -2.08. The van der Waals surface area contributed by atoms with Crippen molar-refractivity contribution in [2.24, 2.45) is 0 Å². The number of hydrogen-bond donors (Lipinski definition) is 1. The van der Waals surface area contributed by atoms with Crippen molar-refractivity contribution in [2.45, 2.75) is 19.9 Å². The van der Waals surface area contributed by atoms with E-state index in [1.54, 1.807) is 6.33 Å². The van der Waals surface area contributed by atoms with Crippen LogP contribution in [0, 0.1) is 0 Å². The first kappa shape index (κ1) is 9.21. The average molecular weight is 216 g/mol. The van der Waals surface area contributed by atoms with E-state index in [0.29, 0.717) is 5.52 Å². The van der Waals surface area contributed by atoms with Crippen LogP contribution in [0.25, 0.3) is 16.8 Å². The van der Waals surface area contributed by atoms with Crippen LogP contribution in [0.5, 0.6) is 0 Å². The van der Waals surface area contributed by atoms with Gasteiger partial charge in [-0.05, 0) is 26.0 Å². The van der Waals surface area contributed by atoms with E-state index < -0.39 is 0 Å². The zero-order valence-electron chi connectivity index (χ0n) is 9.14. The Balaban J connectivity index is 2.61. The van der Waals surface area contributed by atoms with E-state index in [1.807, 2.05) is 27.3 Å². The van der Waals surface area contributed by atoms with E-state index in [9.17, 15) is 4.79 Å². The number of nitrogens with one attached hydrogen (secondary N) is 1. The fourth-order valence-electron chi connectivity index (χ4n) is 1.97. The molecule has 0 unspecified atom stereocenters. The predicted octanol–water partition coefficient (Wildman–Crippen LogP) is 1.56. The highest BCUT2D eigenvalue weighted by molar-refractivity contribution is 5.73. The van der Waals surface area contributed by atoms with Crippen LogP contribution < -0.4 is 5.56 Å². The molecule has 0 amide bonds. The van der Waals surface area contributed by atoms with Gasteiger partial charge in [-0.3, -0.25) is 9.20 Å². The number of H-pyrrole nitrogens is 1. The molecule has 0 bridgehead atoms. The molecule has 3 aromatic heterocycles. The predicted molar refractivity (Wildman–Crippen MR) is 61.7 cm³/mol. The normalized spacial score (nSPS) is 11.9. The summed E-state index contributed by atoms with van der Waals surface area (Å²) >= 11 is 0. The summed E-state index contributed by atoms with van der Waals surface area (Å²) in [7, 11) is 0. The molecule has 1 N–H and O–H groups in total. The summed E-state index contributed by atoms with van der Waals surface area (Å²) in [5, 5.41) is 0. The van der Waals surface area contributed by atoms with Crippen molar-refractivity contribution in [1.82, 2.24) is 18.9 Å². The van der Waals surface area contributed by atoms with Crippen molar-refractivity contribution in [3.63, 3.8) is 0 Å². The number of hydrogen-bond acceptors (Lipinski definition) is 2. The molecule has 0 saturated carbocycles. The Hall–Kier alpha value is -2.04. The molecule has 0 saturated heterocycles. The van der Waals surface area contributed by atoms with Gasteiger partial charge in [-0.15, -0.1) is 0 Å². The van der Waals surface area contributed by atoms with Gasteiger partial charge in [0.05, 0.1) is 6.33 Å². The van der Waals surface area contributed by atoms with Crippen molar-refractivity contribution < 1.29 is 0 Å². The summed E-state index contributed by atoms with van der Waals surface area (Å²) < 4.78 is 3.95. The van der Waals surface area contributed by atoms with Crippen LogP contribution in [0.15, 0.2) is 29.5 Å². The minimum absolute atomic E-state index is 0.138. The van der Waals surface area contributed by atoms with Crippen molar-refractivity contribution >= 4 is 16.8 Å². The number of fused-ring (bicyclic) bond motifs is 3. The molecule has 0 atom stereocenters. The standard InChI is InChI=1S/C11H12N4O/c1-7(2)15-6-12-9-10(16)13-8-4-3-5-14(8)11(9)15/h3-7H,1-2H3,(H,13,16). The molecule has 0 aliphatic carbocycles. The van der Waals surface area contributed by atoms with Crippen LogP contribution >= 0.6 is 0 Å². The van der Waals surface area contributed by atoms with Crippen molar-refractivity contribution in [3.8, 4) is 0 Å². The molecule has 0 radical (unpaired) electrons. The summed E-state index contributed by atoms with van der Waals surface area (Å²) in [6.07, 6.45) is 3.64. The fraction of sp³-hybridized carbons (Fsp3) is 0.273. The molecular weight excluding hydrogens is 204 g/mol. The molecule has 0 spiro atoms. The zero-order chi connectivity index (χ0) is 11.3. The minimum Gasteiger partial charge on any atom is -0.314 e. The number of aromatic amines is 1. The number of aromatic nitrogens is 4. The Morgan fingerprint density at radius 2 is 2.25 bits per heavy atom. The molecule has 0 aliphatic heterocycles. The second-order valence-electron chi connectivity index (χ2n) is 4.14. The van der Waals surface area contributed by atoms with Gasteiger partial charge in [-0.25, -0.2) is 4.98 Å². The molecule has 16 heavy (non-hydrogen) atoms. The summed E-state index contributed by atoms with van der Waals surface area (Å²) in [4.78, 5) is 18.7.